The number of nitrogens with one attached hydrogen (secondary N) is 1. The molecule has 32 heavy (non-hydrogen) atoms. The van der Waals surface area contributed by atoms with Crippen LogP contribution < -0.4 is 5.32 Å². The molecule has 1 aromatic heterocycles. The summed E-state index contributed by atoms with van der Waals surface area (Å²) in [6, 6.07) is 7.15. The molecule has 11 nitrogen and oxygen atoms in total. The van der Waals surface area contributed by atoms with Crippen molar-refractivity contribution in [3.05, 3.63) is 75.4 Å². The van der Waals surface area contributed by atoms with Crippen LogP contribution in [0.15, 0.2) is 58.3 Å². The SMILES string of the molecule is CC1=C(C(=O)O)C(c2cccc([N+](=O)[O-])c2)N(CCCN(C)C(=O)c2ccco2)C(=O)N1. The van der Waals surface area contributed by atoms with Gasteiger partial charge in [-0.25, -0.2) is 9.59 Å². The maximum atomic E-state index is 12.7. The van der Waals surface area contributed by atoms with E-state index in [9.17, 15) is 29.6 Å². The molecule has 3 rings (SSSR count). The second kappa shape index (κ2) is 9.33. The number of nitro benzene ring substituents is 1. The Labute approximate surface area is 183 Å². The Bertz CT molecular complexity index is 1080. The minimum Gasteiger partial charge on any atom is -0.478 e. The summed E-state index contributed by atoms with van der Waals surface area (Å²) in [4.78, 5) is 50.4. The molecular formula is C21H22N4O7. The van der Waals surface area contributed by atoms with E-state index in [1.165, 1.54) is 41.2 Å². The van der Waals surface area contributed by atoms with Crippen molar-refractivity contribution in [1.29, 1.82) is 0 Å². The first-order chi connectivity index (χ1) is 15.2. The number of carbonyl (C=O) groups excluding carboxylic acids is 2. The van der Waals surface area contributed by atoms with E-state index in [4.69, 9.17) is 4.42 Å². The van der Waals surface area contributed by atoms with E-state index in [1.54, 1.807) is 25.2 Å². The second-order valence-electron chi connectivity index (χ2n) is 7.28. The Hall–Kier alpha value is -4.15. The Balaban J connectivity index is 1.84. The van der Waals surface area contributed by atoms with Gasteiger partial charge in [0.15, 0.2) is 5.76 Å². The number of allylic oxidation sites excluding steroid dienone is 1. The zero-order chi connectivity index (χ0) is 23.4. The lowest BCUT2D eigenvalue weighted by molar-refractivity contribution is -0.384. The van der Waals surface area contributed by atoms with E-state index in [0.717, 1.165) is 0 Å². The van der Waals surface area contributed by atoms with Gasteiger partial charge in [0.05, 0.1) is 22.8 Å². The van der Waals surface area contributed by atoms with Crippen LogP contribution in [0.25, 0.3) is 0 Å². The molecule has 3 amide bonds. The fourth-order valence-corrected chi connectivity index (χ4v) is 3.61. The van der Waals surface area contributed by atoms with Gasteiger partial charge in [0.25, 0.3) is 11.6 Å². The van der Waals surface area contributed by atoms with Gasteiger partial charge in [0, 0.05) is 38.0 Å². The molecule has 2 aromatic rings. The van der Waals surface area contributed by atoms with Crippen LogP contribution in [0.1, 0.15) is 35.5 Å². The zero-order valence-electron chi connectivity index (χ0n) is 17.5. The average Bonchev–Trinajstić information content (AvgIpc) is 3.28. The van der Waals surface area contributed by atoms with Crippen LogP contribution >= 0.6 is 0 Å². The van der Waals surface area contributed by atoms with E-state index in [0.29, 0.717) is 12.0 Å². The van der Waals surface area contributed by atoms with Crippen LogP contribution in [0.5, 0.6) is 0 Å². The van der Waals surface area contributed by atoms with E-state index >= 15 is 0 Å². The summed E-state index contributed by atoms with van der Waals surface area (Å²) in [5, 5.41) is 23.5. The molecule has 2 N–H and O–H groups in total. The van der Waals surface area contributed by atoms with Gasteiger partial charge in [-0.05, 0) is 31.0 Å². The maximum absolute atomic E-state index is 12.7. The van der Waals surface area contributed by atoms with Crippen molar-refractivity contribution in [1.82, 2.24) is 15.1 Å². The van der Waals surface area contributed by atoms with Gasteiger partial charge >= 0.3 is 12.0 Å². The standard InChI is InChI=1S/C21H22N4O7/c1-13-17(20(27)28)18(14-6-3-7-15(12-14)25(30)31)24(21(29)22-13)10-5-9-23(2)19(26)16-8-4-11-32-16/h3-4,6-8,11-12,18H,5,9-10H2,1-2H3,(H,22,29)(H,27,28). The average molecular weight is 442 g/mol. The highest BCUT2D eigenvalue weighted by Crippen LogP contribution is 2.35. The molecule has 0 fully saturated rings. The number of hydrogen-bond acceptors (Lipinski definition) is 6. The monoisotopic (exact) mass is 442 g/mol. The van der Waals surface area contributed by atoms with E-state index in [-0.39, 0.29) is 41.7 Å². The molecule has 1 unspecified atom stereocenters. The summed E-state index contributed by atoms with van der Waals surface area (Å²) >= 11 is 0. The number of nitrogens with zero attached hydrogens (tertiary/aromatic N) is 3. The largest absolute Gasteiger partial charge is 0.478 e. The molecular weight excluding hydrogens is 420 g/mol. The van der Waals surface area contributed by atoms with Gasteiger partial charge in [-0.3, -0.25) is 14.9 Å². The summed E-state index contributed by atoms with van der Waals surface area (Å²) in [5.41, 5.74) is 0.191. The fourth-order valence-electron chi connectivity index (χ4n) is 3.61. The predicted octanol–water partition coefficient (Wildman–Crippen LogP) is 2.78. The van der Waals surface area contributed by atoms with Crippen LogP contribution in [0.3, 0.4) is 0 Å². The third kappa shape index (κ3) is 4.61. The number of furan rings is 1. The first-order valence-electron chi connectivity index (χ1n) is 9.75. The molecule has 1 atom stereocenters. The van der Waals surface area contributed by atoms with Crippen molar-refractivity contribution in [2.24, 2.45) is 0 Å². The number of non-ortho nitro benzene ring substituents is 1. The number of carbonyl (C=O) groups is 3. The van der Waals surface area contributed by atoms with Crippen molar-refractivity contribution in [2.45, 2.75) is 19.4 Å². The number of aliphatic carboxylic acids is 1. The summed E-state index contributed by atoms with van der Waals surface area (Å²) in [7, 11) is 1.59. The minimum absolute atomic E-state index is 0.0786. The molecule has 1 aromatic carbocycles. The van der Waals surface area contributed by atoms with Gasteiger partial charge < -0.3 is 24.6 Å². The van der Waals surface area contributed by atoms with Crippen LogP contribution in [-0.4, -0.2) is 57.9 Å². The first-order valence-corrected chi connectivity index (χ1v) is 9.75. The number of hydrogen-bond donors (Lipinski definition) is 2. The lowest BCUT2D eigenvalue weighted by Crippen LogP contribution is -2.49. The predicted molar refractivity (Wildman–Crippen MR) is 112 cm³/mol. The maximum Gasteiger partial charge on any atom is 0.335 e. The molecule has 11 heteroatoms. The number of carboxylic acid groups (broad SMARTS) is 1. The van der Waals surface area contributed by atoms with Gasteiger partial charge in [0.2, 0.25) is 0 Å². The van der Waals surface area contributed by atoms with Gasteiger partial charge in [-0.1, -0.05) is 12.1 Å². The molecule has 2 heterocycles. The summed E-state index contributed by atoms with van der Waals surface area (Å²) in [6.07, 6.45) is 1.73. The van der Waals surface area contributed by atoms with Gasteiger partial charge in [-0.2, -0.15) is 0 Å². The Kier molecular flexibility index (Phi) is 6.57. The van der Waals surface area contributed by atoms with Crippen molar-refractivity contribution < 1.29 is 28.8 Å². The van der Waals surface area contributed by atoms with E-state index in [2.05, 4.69) is 5.32 Å². The normalized spacial score (nSPS) is 16.0. The number of benzene rings is 1. The van der Waals surface area contributed by atoms with Crippen LogP contribution in [-0.2, 0) is 4.79 Å². The highest BCUT2D eigenvalue weighted by molar-refractivity contribution is 5.94. The lowest BCUT2D eigenvalue weighted by Gasteiger charge is -2.37. The van der Waals surface area contributed by atoms with E-state index in [1.807, 2.05) is 0 Å². The molecule has 1 aliphatic rings. The molecule has 0 aliphatic carbocycles. The third-order valence-corrected chi connectivity index (χ3v) is 5.14. The summed E-state index contributed by atoms with van der Waals surface area (Å²) < 4.78 is 5.10. The number of urea groups is 1. The molecule has 1 aliphatic heterocycles. The number of nitro groups is 1. The molecule has 0 spiro atoms. The highest BCUT2D eigenvalue weighted by atomic mass is 16.6. The first kappa shape index (κ1) is 22.5. The fraction of sp³-hybridized carbons (Fsp3) is 0.286. The van der Waals surface area contributed by atoms with E-state index < -0.39 is 23.0 Å². The zero-order valence-corrected chi connectivity index (χ0v) is 17.5. The molecule has 168 valence electrons. The Morgan fingerprint density at radius 1 is 1.31 bits per heavy atom. The van der Waals surface area contributed by atoms with Crippen molar-refractivity contribution in [2.75, 3.05) is 20.1 Å². The summed E-state index contributed by atoms with van der Waals surface area (Å²) in [5.74, 6) is -1.38. The number of rotatable bonds is 8. The number of amides is 3. The van der Waals surface area contributed by atoms with Gasteiger partial charge in [-0.15, -0.1) is 0 Å². The number of carboxylic acids is 1. The lowest BCUT2D eigenvalue weighted by atomic mass is 9.93. The van der Waals surface area contributed by atoms with Crippen LogP contribution in [0, 0.1) is 10.1 Å². The minimum atomic E-state index is -1.24. The van der Waals surface area contributed by atoms with Crippen molar-refractivity contribution in [3.8, 4) is 0 Å². The second-order valence-corrected chi connectivity index (χ2v) is 7.28. The molecule has 0 bridgehead atoms. The van der Waals surface area contributed by atoms with Crippen LogP contribution in [0.2, 0.25) is 0 Å². The molecule has 0 saturated heterocycles. The highest BCUT2D eigenvalue weighted by Gasteiger charge is 2.38. The Morgan fingerprint density at radius 3 is 2.69 bits per heavy atom. The topological polar surface area (TPSA) is 146 Å². The van der Waals surface area contributed by atoms with Crippen LogP contribution in [0.4, 0.5) is 10.5 Å². The molecule has 0 radical (unpaired) electrons. The van der Waals surface area contributed by atoms with Crippen molar-refractivity contribution in [3.63, 3.8) is 0 Å². The summed E-state index contributed by atoms with van der Waals surface area (Å²) in [6.45, 7) is 1.86. The molecule has 0 saturated carbocycles. The van der Waals surface area contributed by atoms with Gasteiger partial charge in [0.1, 0.15) is 0 Å². The quantitative estimate of drug-likeness (QED) is 0.472. The third-order valence-electron chi connectivity index (χ3n) is 5.14. The smallest absolute Gasteiger partial charge is 0.335 e. The van der Waals surface area contributed by atoms with Crippen molar-refractivity contribution >= 4 is 23.6 Å². The Morgan fingerprint density at radius 2 is 2.06 bits per heavy atom.